The number of esters is 1. The molecule has 36 heavy (non-hydrogen) atoms. The highest BCUT2D eigenvalue weighted by Crippen LogP contribution is 2.46. The maximum atomic E-state index is 13.3. The van der Waals surface area contributed by atoms with Gasteiger partial charge < -0.3 is 41.7 Å². The fourth-order valence-electron chi connectivity index (χ4n) is 4.11. The number of allylic oxidation sites excluding steroid dienone is 3. The second kappa shape index (κ2) is 8.67. The molecule has 1 fully saturated rings. The van der Waals surface area contributed by atoms with Gasteiger partial charge in [0.15, 0.2) is 23.7 Å². The Hall–Kier alpha value is -3.31. The summed E-state index contributed by atoms with van der Waals surface area (Å²) in [7, 11) is 0. The predicted octanol–water partition coefficient (Wildman–Crippen LogP) is -0.880. The van der Waals surface area contributed by atoms with E-state index < -0.39 is 77.8 Å². The van der Waals surface area contributed by atoms with Crippen LogP contribution < -0.4 is 16.8 Å². The minimum atomic E-state index is -5.24. The van der Waals surface area contributed by atoms with Crippen molar-refractivity contribution in [2.24, 2.45) is 21.5 Å². The first kappa shape index (κ1) is 27.3. The van der Waals surface area contributed by atoms with Gasteiger partial charge in [-0.05, 0) is 13.0 Å². The highest BCUT2D eigenvalue weighted by molar-refractivity contribution is 5.94. The van der Waals surface area contributed by atoms with Gasteiger partial charge in [-0.2, -0.15) is 26.3 Å². The molecular formula is C19H22F6N6O5. The molecule has 1 saturated heterocycles. The van der Waals surface area contributed by atoms with Gasteiger partial charge in [0, 0.05) is 5.57 Å². The number of alkyl halides is 6. The summed E-state index contributed by atoms with van der Waals surface area (Å²) in [5.74, 6) is -5.69. The molecule has 0 unspecified atom stereocenters. The lowest BCUT2D eigenvalue weighted by Gasteiger charge is -2.48. The van der Waals surface area contributed by atoms with Crippen molar-refractivity contribution in [2.75, 3.05) is 13.2 Å². The summed E-state index contributed by atoms with van der Waals surface area (Å²) < 4.78 is 83.2. The first-order valence-corrected chi connectivity index (χ1v) is 10.1. The number of carbonyl (C=O) groups excluding carboxylic acids is 1. The molecule has 17 heteroatoms. The van der Waals surface area contributed by atoms with Gasteiger partial charge in [-0.1, -0.05) is 12.7 Å². The van der Waals surface area contributed by atoms with Crippen molar-refractivity contribution in [3.8, 4) is 0 Å². The molecule has 3 rings (SSSR count). The lowest BCUT2D eigenvalue weighted by molar-refractivity contribution is -0.261. The zero-order chi connectivity index (χ0) is 27.4. The van der Waals surface area contributed by atoms with E-state index in [1.54, 1.807) is 0 Å². The van der Waals surface area contributed by atoms with Crippen LogP contribution in [0, 0.1) is 0 Å². The van der Waals surface area contributed by atoms with Gasteiger partial charge in [-0.25, -0.2) is 14.8 Å². The van der Waals surface area contributed by atoms with Gasteiger partial charge in [0.05, 0.1) is 24.3 Å². The van der Waals surface area contributed by atoms with Crippen LogP contribution in [0.5, 0.6) is 0 Å². The molecule has 0 amide bonds. The van der Waals surface area contributed by atoms with Crippen LogP contribution in [0.15, 0.2) is 45.4 Å². The Morgan fingerprint density at radius 1 is 1.22 bits per heavy atom. The summed E-state index contributed by atoms with van der Waals surface area (Å²) in [5.41, 5.74) is 4.83. The summed E-state index contributed by atoms with van der Waals surface area (Å²) in [6.45, 7) is 1.96. The predicted molar refractivity (Wildman–Crippen MR) is 111 cm³/mol. The Morgan fingerprint density at radius 3 is 2.36 bits per heavy atom. The average Bonchev–Trinajstić information content (AvgIpc) is 3.21. The third kappa shape index (κ3) is 4.26. The Bertz CT molecular complexity index is 1080. The number of rotatable bonds is 5. The molecule has 4 atom stereocenters. The van der Waals surface area contributed by atoms with Crippen molar-refractivity contribution < 1.29 is 51.2 Å². The molecule has 0 aromatic rings. The number of nitrogens with zero attached hydrogens (tertiary/aromatic N) is 3. The molecule has 200 valence electrons. The van der Waals surface area contributed by atoms with Crippen LogP contribution >= 0.6 is 0 Å². The fourth-order valence-corrected chi connectivity index (χ4v) is 4.11. The molecule has 0 aromatic heterocycles. The number of hydrogen-bond donors (Lipinski definition) is 6. The lowest BCUT2D eigenvalue weighted by Crippen LogP contribution is -2.77. The number of hydrogen-bond acceptors (Lipinski definition) is 11. The van der Waals surface area contributed by atoms with E-state index in [9.17, 15) is 46.5 Å². The SMILES string of the molecule is C=C(/C(=C\C=C(/C)C(F)(F)F)C(=O)O[C@H]1CN2C(N)=N[C@@H](CO)[C@@H]3N=C(N)N[C@@]32C1(O)O)C(F)(F)F. The van der Waals surface area contributed by atoms with Crippen molar-refractivity contribution in [1.29, 1.82) is 0 Å². The number of guanidine groups is 2. The molecule has 1 spiro atoms. The number of carbonyl (C=O) groups is 1. The summed E-state index contributed by atoms with van der Waals surface area (Å²) in [6, 6.07) is -2.41. The van der Waals surface area contributed by atoms with Crippen molar-refractivity contribution in [1.82, 2.24) is 10.2 Å². The molecule has 0 saturated carbocycles. The van der Waals surface area contributed by atoms with Crippen molar-refractivity contribution in [3.05, 3.63) is 35.5 Å². The van der Waals surface area contributed by atoms with Gasteiger partial charge in [-0.15, -0.1) is 0 Å². The minimum absolute atomic E-state index is 0.216. The van der Waals surface area contributed by atoms with E-state index in [0.717, 1.165) is 4.90 Å². The molecule has 0 aliphatic carbocycles. The van der Waals surface area contributed by atoms with Gasteiger partial charge in [-0.3, -0.25) is 0 Å². The first-order chi connectivity index (χ1) is 16.4. The van der Waals surface area contributed by atoms with Gasteiger partial charge in [0.1, 0.15) is 12.1 Å². The molecule has 3 heterocycles. The van der Waals surface area contributed by atoms with Gasteiger partial charge >= 0.3 is 18.3 Å². The van der Waals surface area contributed by atoms with E-state index in [1.807, 2.05) is 0 Å². The van der Waals surface area contributed by atoms with E-state index >= 15 is 0 Å². The number of aliphatic imine (C=N–C) groups is 2. The molecule has 3 aliphatic heterocycles. The van der Waals surface area contributed by atoms with E-state index in [4.69, 9.17) is 16.2 Å². The van der Waals surface area contributed by atoms with Crippen LogP contribution in [0.1, 0.15) is 6.92 Å². The molecule has 0 aromatic carbocycles. The quantitative estimate of drug-likeness (QED) is 0.0869. The molecular weight excluding hydrogens is 506 g/mol. The number of halogens is 6. The topological polar surface area (TPSA) is 179 Å². The van der Waals surface area contributed by atoms with Crippen molar-refractivity contribution >= 4 is 17.9 Å². The average molecular weight is 528 g/mol. The molecule has 0 bridgehead atoms. The van der Waals surface area contributed by atoms with Crippen LogP contribution in [0.2, 0.25) is 0 Å². The van der Waals surface area contributed by atoms with Gasteiger partial charge in [0.25, 0.3) is 0 Å². The Morgan fingerprint density at radius 2 is 1.83 bits per heavy atom. The van der Waals surface area contributed by atoms with E-state index in [0.29, 0.717) is 6.92 Å². The maximum absolute atomic E-state index is 13.3. The third-order valence-electron chi connectivity index (χ3n) is 6.02. The number of nitrogens with one attached hydrogen (secondary N) is 1. The minimum Gasteiger partial charge on any atom is -0.451 e. The summed E-state index contributed by atoms with van der Waals surface area (Å²) in [6.07, 6.45) is -11.7. The highest BCUT2D eigenvalue weighted by Gasteiger charge is 2.74. The van der Waals surface area contributed by atoms with E-state index in [1.165, 1.54) is 0 Å². The van der Waals surface area contributed by atoms with Crippen molar-refractivity contribution in [2.45, 2.75) is 48.9 Å². The third-order valence-corrected chi connectivity index (χ3v) is 6.02. The second-order valence-corrected chi connectivity index (χ2v) is 8.22. The fraction of sp³-hybridized carbons (Fsp3) is 0.526. The van der Waals surface area contributed by atoms with Crippen LogP contribution in [0.4, 0.5) is 26.3 Å². The van der Waals surface area contributed by atoms with Crippen LogP contribution in [-0.4, -0.2) is 93.2 Å². The van der Waals surface area contributed by atoms with Crippen molar-refractivity contribution in [3.63, 3.8) is 0 Å². The number of nitrogens with two attached hydrogens (primary N) is 2. The zero-order valence-corrected chi connectivity index (χ0v) is 18.4. The van der Waals surface area contributed by atoms with Crippen LogP contribution in [-0.2, 0) is 9.53 Å². The molecule has 3 aliphatic rings. The first-order valence-electron chi connectivity index (χ1n) is 10.1. The number of ether oxygens (including phenoxy) is 1. The molecule has 11 nitrogen and oxygen atoms in total. The van der Waals surface area contributed by atoms with Crippen LogP contribution in [0.25, 0.3) is 0 Å². The van der Waals surface area contributed by atoms with Gasteiger partial charge in [0.2, 0.25) is 5.79 Å². The van der Waals surface area contributed by atoms with E-state index in [2.05, 4.69) is 21.9 Å². The largest absolute Gasteiger partial charge is 0.451 e. The normalized spacial score (nSPS) is 30.2. The smallest absolute Gasteiger partial charge is 0.416 e. The molecule has 0 radical (unpaired) electrons. The number of aliphatic hydroxyl groups excluding tert-OH is 1. The Labute approximate surface area is 199 Å². The number of aliphatic hydroxyl groups is 3. The lowest BCUT2D eigenvalue weighted by atomic mass is 9.86. The standard InChI is InChI=1S/C19H22F6N6O5/c1-7(18(20,21)22)3-4-9(8(2)19(23,24)25)13(33)36-11-5-31-15(27)28-10(6-32)12-16(31,17(11,34)35)30-14(26)29-12/h3-4,10-12,32,34-35H,2,5-6H2,1H3,(H2,27,28)(H3,26,29,30)/b7-3+,9-4+/t10-,11-,12-,16-/m0/s1. The highest BCUT2D eigenvalue weighted by atomic mass is 19.4. The molecule has 8 N–H and O–H groups in total. The summed E-state index contributed by atoms with van der Waals surface area (Å²) in [4.78, 5) is 21.7. The Balaban J connectivity index is 1.99. The summed E-state index contributed by atoms with van der Waals surface area (Å²) >= 11 is 0. The summed E-state index contributed by atoms with van der Waals surface area (Å²) in [5, 5.41) is 34.2. The van der Waals surface area contributed by atoms with E-state index in [-0.39, 0.29) is 24.1 Å². The Kier molecular flexibility index (Phi) is 6.57. The zero-order valence-electron chi connectivity index (χ0n) is 18.4. The monoisotopic (exact) mass is 528 g/mol. The maximum Gasteiger partial charge on any atom is 0.416 e. The second-order valence-electron chi connectivity index (χ2n) is 8.22. The van der Waals surface area contributed by atoms with Crippen LogP contribution in [0.3, 0.4) is 0 Å².